The predicted molar refractivity (Wildman–Crippen MR) is 64.5 cm³/mol. The van der Waals surface area contributed by atoms with Gasteiger partial charge in [-0.05, 0) is 37.1 Å². The van der Waals surface area contributed by atoms with Crippen LogP contribution in [0.5, 0.6) is 5.75 Å². The van der Waals surface area contributed by atoms with Crippen LogP contribution in [0.1, 0.15) is 18.9 Å². The van der Waals surface area contributed by atoms with Crippen LogP contribution in [0.3, 0.4) is 0 Å². The summed E-state index contributed by atoms with van der Waals surface area (Å²) >= 11 is 0. The number of ether oxygens (including phenoxy) is 1. The number of hydrogen-bond acceptors (Lipinski definition) is 4. The standard InChI is InChI=1S/C11H12ClNO3S/c1-3-9(7-13)16-10-4-5-11(8(2)6-10)17(12,14)15/h4-6,9H,3H2,1-2H3. The fourth-order valence-corrected chi connectivity index (χ4v) is 2.53. The molecule has 0 amide bonds. The molecule has 0 aliphatic carbocycles. The van der Waals surface area contributed by atoms with Gasteiger partial charge in [-0.3, -0.25) is 0 Å². The first-order chi connectivity index (χ1) is 7.88. The van der Waals surface area contributed by atoms with Gasteiger partial charge in [-0.15, -0.1) is 0 Å². The van der Waals surface area contributed by atoms with Crippen LogP contribution in [0.2, 0.25) is 0 Å². The van der Waals surface area contributed by atoms with Gasteiger partial charge in [0.25, 0.3) is 9.05 Å². The number of aryl methyl sites for hydroxylation is 1. The molecule has 1 atom stereocenters. The molecule has 0 bridgehead atoms. The highest BCUT2D eigenvalue weighted by atomic mass is 35.7. The van der Waals surface area contributed by atoms with Crippen molar-refractivity contribution >= 4 is 19.7 Å². The molecule has 0 aliphatic heterocycles. The van der Waals surface area contributed by atoms with Crippen molar-refractivity contribution in [3.63, 3.8) is 0 Å². The molecule has 0 N–H and O–H groups in total. The van der Waals surface area contributed by atoms with E-state index >= 15 is 0 Å². The molecule has 0 spiro atoms. The molecule has 0 fully saturated rings. The van der Waals surface area contributed by atoms with Gasteiger partial charge < -0.3 is 4.74 Å². The van der Waals surface area contributed by atoms with Crippen LogP contribution in [0.25, 0.3) is 0 Å². The molecule has 0 saturated heterocycles. The lowest BCUT2D eigenvalue weighted by Crippen LogP contribution is -2.12. The summed E-state index contributed by atoms with van der Waals surface area (Å²) in [5.74, 6) is 0.458. The molecule has 1 unspecified atom stereocenters. The molecule has 4 nitrogen and oxygen atoms in total. The van der Waals surface area contributed by atoms with Gasteiger partial charge >= 0.3 is 0 Å². The lowest BCUT2D eigenvalue weighted by atomic mass is 10.2. The molecule has 1 rings (SSSR count). The minimum Gasteiger partial charge on any atom is -0.476 e. The summed E-state index contributed by atoms with van der Waals surface area (Å²) in [4.78, 5) is 0.0523. The summed E-state index contributed by atoms with van der Waals surface area (Å²) in [6, 6.07) is 6.41. The van der Waals surface area contributed by atoms with Crippen LogP contribution in [-0.2, 0) is 9.05 Å². The van der Waals surface area contributed by atoms with Crippen molar-refractivity contribution < 1.29 is 13.2 Å². The third-order valence-corrected chi connectivity index (χ3v) is 3.68. The first-order valence-corrected chi connectivity index (χ1v) is 7.31. The van der Waals surface area contributed by atoms with Gasteiger partial charge in [0.05, 0.1) is 4.90 Å². The van der Waals surface area contributed by atoms with Gasteiger partial charge in [0.15, 0.2) is 6.10 Å². The molecular formula is C11H12ClNO3S. The largest absolute Gasteiger partial charge is 0.476 e. The van der Waals surface area contributed by atoms with Crippen LogP contribution in [0.15, 0.2) is 23.1 Å². The zero-order valence-corrected chi connectivity index (χ0v) is 11.0. The maximum absolute atomic E-state index is 11.2. The van der Waals surface area contributed by atoms with Crippen molar-refractivity contribution in [3.05, 3.63) is 23.8 Å². The highest BCUT2D eigenvalue weighted by molar-refractivity contribution is 8.13. The summed E-state index contributed by atoms with van der Waals surface area (Å²) in [5.41, 5.74) is 0.491. The van der Waals surface area contributed by atoms with Crippen molar-refractivity contribution in [3.8, 4) is 11.8 Å². The number of nitrogens with zero attached hydrogens (tertiary/aromatic N) is 1. The fraction of sp³-hybridized carbons (Fsp3) is 0.364. The normalized spacial score (nSPS) is 12.8. The number of hydrogen-bond donors (Lipinski definition) is 0. The molecule has 0 saturated carbocycles. The Kier molecular flexibility index (Phi) is 4.38. The summed E-state index contributed by atoms with van der Waals surface area (Å²) < 4.78 is 27.7. The molecule has 17 heavy (non-hydrogen) atoms. The van der Waals surface area contributed by atoms with E-state index in [0.29, 0.717) is 17.7 Å². The number of rotatable bonds is 4. The van der Waals surface area contributed by atoms with E-state index in [0.717, 1.165) is 0 Å². The quantitative estimate of drug-likeness (QED) is 0.791. The second-order valence-corrected chi connectivity index (χ2v) is 6.04. The second-order valence-electron chi connectivity index (χ2n) is 3.51. The Morgan fingerprint density at radius 3 is 2.59 bits per heavy atom. The molecule has 1 aromatic rings. The Hall–Kier alpha value is -1.25. The molecule has 0 aromatic heterocycles. The Labute approximate surface area is 105 Å². The van der Waals surface area contributed by atoms with E-state index in [9.17, 15) is 8.42 Å². The SMILES string of the molecule is CCC(C#N)Oc1ccc(S(=O)(=O)Cl)c(C)c1. The predicted octanol–water partition coefficient (Wildman–Crippen LogP) is 2.60. The number of nitriles is 1. The third kappa shape index (κ3) is 3.62. The minimum absolute atomic E-state index is 0.0523. The van der Waals surface area contributed by atoms with Crippen LogP contribution in [0.4, 0.5) is 0 Å². The molecule has 0 aliphatic rings. The van der Waals surface area contributed by atoms with E-state index in [4.69, 9.17) is 20.7 Å². The lowest BCUT2D eigenvalue weighted by Gasteiger charge is -2.11. The second kappa shape index (κ2) is 5.39. The Morgan fingerprint density at radius 1 is 1.53 bits per heavy atom. The van der Waals surface area contributed by atoms with E-state index in [1.165, 1.54) is 12.1 Å². The van der Waals surface area contributed by atoms with Gasteiger partial charge in [0, 0.05) is 10.7 Å². The maximum atomic E-state index is 11.2. The molecule has 0 radical (unpaired) electrons. The Balaban J connectivity index is 3.02. The van der Waals surface area contributed by atoms with E-state index in [2.05, 4.69) is 0 Å². The van der Waals surface area contributed by atoms with Crippen molar-refractivity contribution in [2.45, 2.75) is 31.3 Å². The third-order valence-electron chi connectivity index (χ3n) is 2.20. The van der Waals surface area contributed by atoms with Gasteiger partial charge in [-0.1, -0.05) is 6.92 Å². The lowest BCUT2D eigenvalue weighted by molar-refractivity contribution is 0.251. The van der Waals surface area contributed by atoms with Gasteiger partial charge in [0.2, 0.25) is 0 Å². The van der Waals surface area contributed by atoms with Crippen molar-refractivity contribution in [2.75, 3.05) is 0 Å². The molecular weight excluding hydrogens is 262 g/mol. The van der Waals surface area contributed by atoms with Gasteiger partial charge in [0.1, 0.15) is 11.8 Å². The zero-order chi connectivity index (χ0) is 13.1. The topological polar surface area (TPSA) is 67.2 Å². The highest BCUT2D eigenvalue weighted by Crippen LogP contribution is 2.24. The van der Waals surface area contributed by atoms with Crippen LogP contribution >= 0.6 is 10.7 Å². The van der Waals surface area contributed by atoms with Crippen molar-refractivity contribution in [2.24, 2.45) is 0 Å². The van der Waals surface area contributed by atoms with Gasteiger partial charge in [-0.25, -0.2) is 8.42 Å². The highest BCUT2D eigenvalue weighted by Gasteiger charge is 2.14. The van der Waals surface area contributed by atoms with E-state index in [1.54, 1.807) is 13.0 Å². The van der Waals surface area contributed by atoms with Crippen LogP contribution in [-0.4, -0.2) is 14.5 Å². The van der Waals surface area contributed by atoms with Crippen molar-refractivity contribution in [1.29, 1.82) is 5.26 Å². The average molecular weight is 274 g/mol. The summed E-state index contributed by atoms with van der Waals surface area (Å²) in [6.45, 7) is 3.45. The van der Waals surface area contributed by atoms with E-state index in [-0.39, 0.29) is 4.90 Å². The Bertz CT molecular complexity index is 548. The van der Waals surface area contributed by atoms with Crippen LogP contribution < -0.4 is 4.74 Å². The summed E-state index contributed by atoms with van der Waals surface area (Å²) in [6.07, 6.45) is 0.0262. The van der Waals surface area contributed by atoms with Crippen molar-refractivity contribution in [1.82, 2.24) is 0 Å². The van der Waals surface area contributed by atoms with Crippen LogP contribution in [0, 0.1) is 18.3 Å². The Morgan fingerprint density at radius 2 is 2.18 bits per heavy atom. The van der Waals surface area contributed by atoms with E-state index in [1.807, 2.05) is 13.0 Å². The van der Waals surface area contributed by atoms with E-state index < -0.39 is 15.2 Å². The monoisotopic (exact) mass is 273 g/mol. The smallest absolute Gasteiger partial charge is 0.261 e. The molecule has 1 aromatic carbocycles. The number of halogens is 1. The maximum Gasteiger partial charge on any atom is 0.261 e. The molecule has 92 valence electrons. The first kappa shape index (κ1) is 13.8. The summed E-state index contributed by atoms with van der Waals surface area (Å²) in [5, 5.41) is 8.75. The average Bonchev–Trinajstić information content (AvgIpc) is 2.24. The zero-order valence-electron chi connectivity index (χ0n) is 9.47. The molecule has 0 heterocycles. The van der Waals surface area contributed by atoms with Gasteiger partial charge in [-0.2, -0.15) is 5.26 Å². The first-order valence-electron chi connectivity index (χ1n) is 5.00. The number of benzene rings is 1. The summed E-state index contributed by atoms with van der Waals surface area (Å²) in [7, 11) is 1.52. The fourth-order valence-electron chi connectivity index (χ4n) is 1.33. The minimum atomic E-state index is -3.74. The molecule has 6 heteroatoms.